The molecule has 0 radical (unpaired) electrons. The summed E-state index contributed by atoms with van der Waals surface area (Å²) in [5.74, 6) is -0.203. The van der Waals surface area contributed by atoms with Crippen LogP contribution in [0.3, 0.4) is 0 Å². The number of aryl methyl sites for hydroxylation is 1. The monoisotopic (exact) mass is 414 g/mol. The summed E-state index contributed by atoms with van der Waals surface area (Å²) in [7, 11) is 0. The van der Waals surface area contributed by atoms with Gasteiger partial charge in [0, 0.05) is 17.6 Å². The first-order valence-corrected chi connectivity index (χ1v) is 10.6. The standard InChI is InChI=1S/C24H31ClN2O2/c1-5-18(4)26-24(29)22(6-2)27(16-20-9-7-8-10-21(20)25)23(28)15-19-13-11-17(3)12-14-19/h7-14,18,22H,5-6,15-16H2,1-4H3,(H,26,29)/t18-,22+/m0/s1. The van der Waals surface area contributed by atoms with E-state index in [1.807, 2.05) is 70.2 Å². The van der Waals surface area contributed by atoms with Crippen molar-refractivity contribution in [2.75, 3.05) is 0 Å². The number of halogens is 1. The van der Waals surface area contributed by atoms with Crippen LogP contribution in [0.25, 0.3) is 0 Å². The highest BCUT2D eigenvalue weighted by Crippen LogP contribution is 2.21. The average Bonchev–Trinajstić information content (AvgIpc) is 2.70. The molecule has 2 amide bonds. The van der Waals surface area contributed by atoms with Crippen LogP contribution in [0.2, 0.25) is 5.02 Å². The Kier molecular flexibility index (Phi) is 8.71. The third kappa shape index (κ3) is 6.60. The summed E-state index contributed by atoms with van der Waals surface area (Å²) in [6.45, 7) is 8.24. The molecule has 0 heterocycles. The number of hydrogen-bond acceptors (Lipinski definition) is 2. The fourth-order valence-corrected chi connectivity index (χ4v) is 3.35. The van der Waals surface area contributed by atoms with E-state index in [9.17, 15) is 9.59 Å². The minimum atomic E-state index is -0.543. The van der Waals surface area contributed by atoms with E-state index in [4.69, 9.17) is 11.6 Å². The van der Waals surface area contributed by atoms with Crippen LogP contribution in [0.15, 0.2) is 48.5 Å². The molecular formula is C24H31ClN2O2. The molecule has 156 valence electrons. The Hall–Kier alpha value is -2.33. The highest BCUT2D eigenvalue weighted by Gasteiger charge is 2.29. The quantitative estimate of drug-likeness (QED) is 0.633. The fraction of sp³-hybridized carbons (Fsp3) is 0.417. The third-order valence-electron chi connectivity index (χ3n) is 5.16. The van der Waals surface area contributed by atoms with E-state index in [-0.39, 0.29) is 24.3 Å². The summed E-state index contributed by atoms with van der Waals surface area (Å²) in [4.78, 5) is 27.9. The lowest BCUT2D eigenvalue weighted by Gasteiger charge is -2.32. The average molecular weight is 415 g/mol. The lowest BCUT2D eigenvalue weighted by atomic mass is 10.1. The molecule has 5 heteroatoms. The SMILES string of the molecule is CC[C@H](C(=O)N[C@@H](C)CC)N(Cc1ccccc1Cl)C(=O)Cc1ccc(C)cc1. The fourth-order valence-electron chi connectivity index (χ4n) is 3.15. The van der Waals surface area contributed by atoms with E-state index >= 15 is 0 Å². The van der Waals surface area contributed by atoms with E-state index in [0.717, 1.165) is 23.1 Å². The van der Waals surface area contributed by atoms with Crippen molar-refractivity contribution in [1.29, 1.82) is 0 Å². The van der Waals surface area contributed by atoms with Crippen molar-refractivity contribution in [2.24, 2.45) is 0 Å². The number of amides is 2. The Morgan fingerprint density at radius 3 is 2.28 bits per heavy atom. The predicted molar refractivity (Wildman–Crippen MR) is 119 cm³/mol. The Balaban J connectivity index is 2.30. The van der Waals surface area contributed by atoms with Gasteiger partial charge in [-0.1, -0.05) is 73.5 Å². The molecule has 1 N–H and O–H groups in total. The van der Waals surface area contributed by atoms with Gasteiger partial charge in [-0.25, -0.2) is 0 Å². The van der Waals surface area contributed by atoms with E-state index in [1.54, 1.807) is 11.0 Å². The van der Waals surface area contributed by atoms with Crippen molar-refractivity contribution >= 4 is 23.4 Å². The lowest BCUT2D eigenvalue weighted by Crippen LogP contribution is -2.51. The molecule has 0 aliphatic carbocycles. The molecule has 0 fully saturated rings. The van der Waals surface area contributed by atoms with Crippen molar-refractivity contribution in [1.82, 2.24) is 10.2 Å². The maximum absolute atomic E-state index is 13.3. The second-order valence-corrected chi connectivity index (χ2v) is 7.92. The molecule has 0 spiro atoms. The molecule has 0 aromatic heterocycles. The van der Waals surface area contributed by atoms with Crippen LogP contribution in [0.1, 0.15) is 50.3 Å². The van der Waals surface area contributed by atoms with Crippen molar-refractivity contribution in [3.8, 4) is 0 Å². The second-order valence-electron chi connectivity index (χ2n) is 7.52. The van der Waals surface area contributed by atoms with Gasteiger partial charge in [0.15, 0.2) is 0 Å². The minimum absolute atomic E-state index is 0.0610. The summed E-state index contributed by atoms with van der Waals surface area (Å²) in [5, 5.41) is 3.62. The summed E-state index contributed by atoms with van der Waals surface area (Å²) in [6.07, 6.45) is 1.62. The van der Waals surface area contributed by atoms with E-state index in [2.05, 4.69) is 5.32 Å². The van der Waals surface area contributed by atoms with Crippen LogP contribution in [0.5, 0.6) is 0 Å². The molecule has 0 saturated carbocycles. The number of benzene rings is 2. The van der Waals surface area contributed by atoms with Gasteiger partial charge in [0.25, 0.3) is 0 Å². The zero-order valence-corrected chi connectivity index (χ0v) is 18.5. The highest BCUT2D eigenvalue weighted by atomic mass is 35.5. The maximum Gasteiger partial charge on any atom is 0.243 e. The van der Waals surface area contributed by atoms with Crippen LogP contribution >= 0.6 is 11.6 Å². The number of nitrogens with zero attached hydrogens (tertiary/aromatic N) is 1. The minimum Gasteiger partial charge on any atom is -0.352 e. The Morgan fingerprint density at radius 1 is 1.03 bits per heavy atom. The molecule has 0 aliphatic rings. The van der Waals surface area contributed by atoms with Crippen LogP contribution in [-0.4, -0.2) is 28.8 Å². The molecule has 2 atom stereocenters. The zero-order chi connectivity index (χ0) is 21.4. The molecule has 29 heavy (non-hydrogen) atoms. The predicted octanol–water partition coefficient (Wildman–Crippen LogP) is 4.91. The van der Waals surface area contributed by atoms with Crippen LogP contribution < -0.4 is 5.32 Å². The number of nitrogens with one attached hydrogen (secondary N) is 1. The van der Waals surface area contributed by atoms with Crippen LogP contribution in [0.4, 0.5) is 0 Å². The first kappa shape index (κ1) is 23.0. The van der Waals surface area contributed by atoms with Gasteiger partial charge in [-0.3, -0.25) is 9.59 Å². The molecule has 0 aliphatic heterocycles. The number of carbonyl (C=O) groups is 2. The van der Waals surface area contributed by atoms with Crippen molar-refractivity contribution in [3.63, 3.8) is 0 Å². The number of hydrogen-bond donors (Lipinski definition) is 1. The maximum atomic E-state index is 13.3. The van der Waals surface area contributed by atoms with Gasteiger partial charge >= 0.3 is 0 Å². The van der Waals surface area contributed by atoms with Gasteiger partial charge < -0.3 is 10.2 Å². The molecule has 2 rings (SSSR count). The summed E-state index contributed by atoms with van der Waals surface area (Å²) < 4.78 is 0. The molecule has 0 unspecified atom stereocenters. The topological polar surface area (TPSA) is 49.4 Å². The van der Waals surface area contributed by atoms with Crippen LogP contribution in [0, 0.1) is 6.92 Å². The van der Waals surface area contributed by atoms with E-state index < -0.39 is 6.04 Å². The second kappa shape index (κ2) is 11.0. The molecule has 4 nitrogen and oxygen atoms in total. The summed E-state index contributed by atoms with van der Waals surface area (Å²) in [5.41, 5.74) is 2.91. The Labute approximate surface area is 179 Å². The van der Waals surface area contributed by atoms with Gasteiger partial charge in [0.05, 0.1) is 6.42 Å². The van der Waals surface area contributed by atoms with Gasteiger partial charge in [0.1, 0.15) is 6.04 Å². The smallest absolute Gasteiger partial charge is 0.243 e. The van der Waals surface area contributed by atoms with E-state index in [0.29, 0.717) is 18.0 Å². The first-order valence-electron chi connectivity index (χ1n) is 10.2. The number of carbonyl (C=O) groups excluding carboxylic acids is 2. The summed E-state index contributed by atoms with van der Waals surface area (Å²) >= 11 is 6.35. The molecule has 2 aromatic rings. The molecular weight excluding hydrogens is 384 g/mol. The third-order valence-corrected chi connectivity index (χ3v) is 5.53. The molecule has 0 bridgehead atoms. The van der Waals surface area contributed by atoms with Gasteiger partial charge in [-0.2, -0.15) is 0 Å². The Bertz CT molecular complexity index is 820. The van der Waals surface area contributed by atoms with Crippen LogP contribution in [-0.2, 0) is 22.6 Å². The first-order chi connectivity index (χ1) is 13.8. The van der Waals surface area contributed by atoms with Crippen molar-refractivity contribution in [2.45, 2.75) is 65.6 Å². The largest absolute Gasteiger partial charge is 0.352 e. The molecule has 0 saturated heterocycles. The lowest BCUT2D eigenvalue weighted by molar-refractivity contribution is -0.141. The highest BCUT2D eigenvalue weighted by molar-refractivity contribution is 6.31. The normalized spacial score (nSPS) is 12.9. The Morgan fingerprint density at radius 2 is 1.69 bits per heavy atom. The van der Waals surface area contributed by atoms with Gasteiger partial charge in [-0.05, 0) is 43.9 Å². The summed E-state index contributed by atoms with van der Waals surface area (Å²) in [6, 6.07) is 14.9. The molecule has 2 aromatic carbocycles. The van der Waals surface area contributed by atoms with Crippen molar-refractivity contribution in [3.05, 3.63) is 70.2 Å². The van der Waals surface area contributed by atoms with E-state index in [1.165, 1.54) is 0 Å². The zero-order valence-electron chi connectivity index (χ0n) is 17.7. The number of rotatable bonds is 9. The van der Waals surface area contributed by atoms with Crippen molar-refractivity contribution < 1.29 is 9.59 Å². The van der Waals surface area contributed by atoms with Gasteiger partial charge in [-0.15, -0.1) is 0 Å². The van der Waals surface area contributed by atoms with Gasteiger partial charge in [0.2, 0.25) is 11.8 Å².